The van der Waals surface area contributed by atoms with Gasteiger partial charge in [-0.15, -0.1) is 12.6 Å². The largest absolute Gasteiger partial charge is 0.289 e. The zero-order valence-electron chi connectivity index (χ0n) is 24.4. The minimum atomic E-state index is -0.258. The van der Waals surface area contributed by atoms with Gasteiger partial charge in [-0.3, -0.25) is 10.0 Å². The van der Waals surface area contributed by atoms with Crippen molar-refractivity contribution in [1.29, 1.82) is 0 Å². The third kappa shape index (κ3) is 33.8. The van der Waals surface area contributed by atoms with E-state index in [1.807, 2.05) is 0 Å². The first-order valence-corrected chi connectivity index (χ1v) is 17.2. The standard InChI is InChI=1S/C32H63NO2S2/c34-31(33-35)29-27-25-23-21-19-17-15-13-11-9-7-5-3-1-2-4-6-8-10-12-14-16-18-20-22-24-26-28-30-32(36)37/h35H,1-30H2,(H,33,34)(H,36,37). The molecule has 0 rings (SSSR count). The van der Waals surface area contributed by atoms with Crippen LogP contribution >= 0.6 is 24.8 Å². The van der Waals surface area contributed by atoms with Gasteiger partial charge in [0, 0.05) is 10.6 Å². The van der Waals surface area contributed by atoms with Crippen LogP contribution in [0.4, 0.5) is 0 Å². The van der Waals surface area contributed by atoms with Crippen molar-refractivity contribution in [3.05, 3.63) is 0 Å². The van der Waals surface area contributed by atoms with Crippen molar-refractivity contribution in [1.82, 2.24) is 5.48 Å². The molecule has 0 aromatic carbocycles. The van der Waals surface area contributed by atoms with Gasteiger partial charge in [0.05, 0.1) is 0 Å². The van der Waals surface area contributed by atoms with Crippen LogP contribution in [0.15, 0.2) is 0 Å². The number of hydrogen-bond acceptors (Lipinski definition) is 3. The Morgan fingerprint density at radius 1 is 0.432 bits per heavy atom. The van der Waals surface area contributed by atoms with E-state index in [1.165, 1.54) is 167 Å². The first-order valence-electron chi connectivity index (χ1n) is 16.3. The molecule has 0 spiro atoms. The molecule has 0 atom stereocenters. The van der Waals surface area contributed by atoms with Gasteiger partial charge in [-0.05, 0) is 19.3 Å². The number of rotatable bonds is 31. The maximum atomic E-state index is 10.9. The van der Waals surface area contributed by atoms with Crippen LogP contribution in [-0.4, -0.2) is 15.3 Å². The highest BCUT2D eigenvalue weighted by Gasteiger charge is 1.99. The molecule has 1 amide bonds. The van der Waals surface area contributed by atoms with Gasteiger partial charge in [-0.2, -0.15) is 0 Å². The second-order valence-corrected chi connectivity index (χ2v) is 12.7. The molecule has 0 saturated carbocycles. The second kappa shape index (κ2) is 32.1. The lowest BCUT2D eigenvalue weighted by Crippen LogP contribution is -2.17. The minimum absolute atomic E-state index is 0.258. The second-order valence-electron chi connectivity index (χ2n) is 11.3. The fourth-order valence-corrected chi connectivity index (χ4v) is 5.52. The molecule has 0 saturated heterocycles. The number of hydroxylamine groups is 1. The summed E-state index contributed by atoms with van der Waals surface area (Å²) in [6, 6.07) is 0. The third-order valence-electron chi connectivity index (χ3n) is 7.67. The first kappa shape index (κ1) is 36.9. The monoisotopic (exact) mass is 557 g/mol. The van der Waals surface area contributed by atoms with Crippen molar-refractivity contribution in [3.63, 3.8) is 0 Å². The van der Waals surface area contributed by atoms with Gasteiger partial charge >= 0.3 is 0 Å². The summed E-state index contributed by atoms with van der Waals surface area (Å²) in [6.07, 6.45) is 39.9. The van der Waals surface area contributed by atoms with Gasteiger partial charge in [0.25, 0.3) is 0 Å². The molecule has 0 aromatic heterocycles. The van der Waals surface area contributed by atoms with Crippen LogP contribution < -0.4 is 5.48 Å². The maximum absolute atomic E-state index is 10.9. The van der Waals surface area contributed by atoms with Crippen molar-refractivity contribution >= 4 is 35.0 Å². The summed E-state index contributed by atoms with van der Waals surface area (Å²) < 4.78 is 0.871. The maximum Gasteiger partial charge on any atom is 0.243 e. The zero-order chi connectivity index (χ0) is 27.1. The van der Waals surface area contributed by atoms with Crippen LogP contribution in [0, 0.1) is 0 Å². The predicted octanol–water partition coefficient (Wildman–Crippen LogP) is 11.5. The highest BCUT2D eigenvalue weighted by molar-refractivity contribution is 8.11. The molecule has 3 nitrogen and oxygen atoms in total. The van der Waals surface area contributed by atoms with Crippen molar-refractivity contribution in [3.8, 4) is 0 Å². The van der Waals surface area contributed by atoms with E-state index in [-0.39, 0.29) is 5.91 Å². The molecule has 0 aliphatic heterocycles. The number of amides is 1. The number of hydrogen-bond donors (Lipinski definition) is 3. The van der Waals surface area contributed by atoms with Crippen molar-refractivity contribution < 1.29 is 10.0 Å². The van der Waals surface area contributed by atoms with Crippen LogP contribution in [0.3, 0.4) is 0 Å². The highest BCUT2D eigenvalue weighted by atomic mass is 32.1. The van der Waals surface area contributed by atoms with Crippen LogP contribution in [-0.2, 0) is 4.79 Å². The van der Waals surface area contributed by atoms with Gasteiger partial charge in [0.1, 0.15) is 0 Å². The lowest BCUT2D eigenvalue weighted by Gasteiger charge is -2.04. The van der Waals surface area contributed by atoms with E-state index < -0.39 is 0 Å². The van der Waals surface area contributed by atoms with E-state index in [9.17, 15) is 4.79 Å². The average Bonchev–Trinajstić information content (AvgIpc) is 2.89. The predicted molar refractivity (Wildman–Crippen MR) is 170 cm³/mol. The quantitative estimate of drug-likeness (QED) is 0.0261. The SMILES string of the molecule is O=C(CCCCCCCCCCCCCCCCCCCCCCCCCCCCCCC(=S)S)NO. The number of carbonyl (C=O) groups excluding carboxylic acids is 1. The molecule has 220 valence electrons. The fraction of sp³-hybridized carbons (Fsp3) is 0.938. The van der Waals surface area contributed by atoms with E-state index in [1.54, 1.807) is 5.48 Å². The lowest BCUT2D eigenvalue weighted by molar-refractivity contribution is -0.129. The van der Waals surface area contributed by atoms with E-state index >= 15 is 0 Å². The summed E-state index contributed by atoms with van der Waals surface area (Å²) in [4.78, 5) is 10.9. The molecule has 0 aliphatic carbocycles. The van der Waals surface area contributed by atoms with E-state index in [0.717, 1.165) is 23.5 Å². The van der Waals surface area contributed by atoms with Crippen LogP contribution in [0.25, 0.3) is 0 Å². The van der Waals surface area contributed by atoms with Gasteiger partial charge in [-0.25, -0.2) is 5.48 Å². The van der Waals surface area contributed by atoms with Gasteiger partial charge < -0.3 is 0 Å². The molecule has 5 heteroatoms. The van der Waals surface area contributed by atoms with E-state index in [2.05, 4.69) is 12.6 Å². The topological polar surface area (TPSA) is 49.3 Å². The minimum Gasteiger partial charge on any atom is -0.289 e. The van der Waals surface area contributed by atoms with Crippen LogP contribution in [0.5, 0.6) is 0 Å². The Labute approximate surface area is 242 Å². The number of thiol groups is 1. The normalized spacial score (nSPS) is 11.2. The molecule has 0 aromatic rings. The Morgan fingerprint density at radius 3 is 0.811 bits per heavy atom. The smallest absolute Gasteiger partial charge is 0.243 e. The van der Waals surface area contributed by atoms with Gasteiger partial charge in [0.2, 0.25) is 5.91 Å². The Balaban J connectivity index is 3.04. The summed E-state index contributed by atoms with van der Waals surface area (Å²) in [5, 5.41) is 8.44. The summed E-state index contributed by atoms with van der Waals surface area (Å²) in [5.74, 6) is -0.258. The van der Waals surface area contributed by atoms with Gasteiger partial charge in [-0.1, -0.05) is 179 Å². The van der Waals surface area contributed by atoms with Crippen molar-refractivity contribution in [2.24, 2.45) is 0 Å². The number of nitrogens with one attached hydrogen (secondary N) is 1. The molecule has 0 bridgehead atoms. The molecular weight excluding hydrogens is 494 g/mol. The van der Waals surface area contributed by atoms with Crippen LogP contribution in [0.2, 0.25) is 0 Å². The Morgan fingerprint density at radius 2 is 0.622 bits per heavy atom. The molecular formula is C32H63NO2S2. The summed E-state index contributed by atoms with van der Waals surface area (Å²) in [5.41, 5.74) is 1.70. The molecule has 0 aliphatic rings. The molecule has 0 unspecified atom stereocenters. The van der Waals surface area contributed by atoms with Crippen molar-refractivity contribution in [2.45, 2.75) is 193 Å². The summed E-state index contributed by atoms with van der Waals surface area (Å²) in [7, 11) is 0. The Bertz CT molecular complexity index is 487. The van der Waals surface area contributed by atoms with E-state index in [0.29, 0.717) is 6.42 Å². The number of carbonyl (C=O) groups is 1. The molecule has 0 fully saturated rings. The van der Waals surface area contributed by atoms with Crippen LogP contribution in [0.1, 0.15) is 193 Å². The summed E-state index contributed by atoms with van der Waals surface area (Å²) >= 11 is 9.19. The lowest BCUT2D eigenvalue weighted by atomic mass is 10.0. The Kier molecular flexibility index (Phi) is 32.0. The number of unbranched alkanes of at least 4 members (excludes halogenated alkanes) is 27. The average molecular weight is 558 g/mol. The molecule has 37 heavy (non-hydrogen) atoms. The van der Waals surface area contributed by atoms with Gasteiger partial charge in [0.15, 0.2) is 0 Å². The van der Waals surface area contributed by atoms with Crippen molar-refractivity contribution in [2.75, 3.05) is 0 Å². The number of thiocarbonyl (C=S) groups is 1. The molecule has 0 heterocycles. The van der Waals surface area contributed by atoms with E-state index in [4.69, 9.17) is 17.4 Å². The molecule has 0 radical (unpaired) electrons. The highest BCUT2D eigenvalue weighted by Crippen LogP contribution is 2.16. The summed E-state index contributed by atoms with van der Waals surface area (Å²) in [6.45, 7) is 0. The Hall–Kier alpha value is -0.130. The molecule has 2 N–H and O–H groups in total. The zero-order valence-corrected chi connectivity index (χ0v) is 26.1. The first-order chi connectivity index (χ1) is 18.2. The third-order valence-corrected chi connectivity index (χ3v) is 8.10. The fourth-order valence-electron chi connectivity index (χ4n) is 5.21.